The highest BCUT2D eigenvalue weighted by atomic mass is 16.5. The van der Waals surface area contributed by atoms with Crippen LogP contribution in [-0.4, -0.2) is 49.0 Å². The first-order chi connectivity index (χ1) is 14.2. The fourth-order valence-electron chi connectivity index (χ4n) is 2.93. The van der Waals surface area contributed by atoms with Crippen LogP contribution in [0.3, 0.4) is 0 Å². The van der Waals surface area contributed by atoms with Gasteiger partial charge in [0.1, 0.15) is 0 Å². The van der Waals surface area contributed by atoms with Crippen LogP contribution in [0.25, 0.3) is 11.2 Å². The summed E-state index contributed by atoms with van der Waals surface area (Å²) in [6.45, 7) is 9.13. The molecule has 0 bridgehead atoms. The predicted molar refractivity (Wildman–Crippen MR) is 117 cm³/mol. The molecule has 1 aromatic carbocycles. The number of benzene rings is 1. The van der Waals surface area contributed by atoms with Crippen molar-refractivity contribution in [1.82, 2.24) is 19.5 Å². The third-order valence-corrected chi connectivity index (χ3v) is 5.33. The molecule has 0 amide bonds. The summed E-state index contributed by atoms with van der Waals surface area (Å²) in [4.78, 5) is 13.6. The quantitative estimate of drug-likeness (QED) is 0.422. The molecule has 2 heterocycles. The highest BCUT2D eigenvalue weighted by Crippen LogP contribution is 2.30. The fraction of sp³-hybridized carbons (Fsp3) is 0.476. The van der Waals surface area contributed by atoms with Crippen LogP contribution in [0, 0.1) is 5.92 Å². The summed E-state index contributed by atoms with van der Waals surface area (Å²) in [6.07, 6.45) is 1.73. The van der Waals surface area contributed by atoms with Crippen molar-refractivity contribution in [3.05, 3.63) is 30.1 Å². The minimum Gasteiger partial charge on any atom is -0.504 e. The number of hydrogen-bond acceptors (Lipinski definition) is 8. The topological polar surface area (TPSA) is 117 Å². The van der Waals surface area contributed by atoms with Crippen LogP contribution in [0.2, 0.25) is 0 Å². The van der Waals surface area contributed by atoms with E-state index in [-0.39, 0.29) is 11.7 Å². The van der Waals surface area contributed by atoms with Crippen LogP contribution in [0.1, 0.15) is 33.3 Å². The largest absolute Gasteiger partial charge is 0.504 e. The van der Waals surface area contributed by atoms with Crippen LogP contribution < -0.4 is 15.4 Å². The maximum absolute atomic E-state index is 10.3. The standard InChI is InChI=1S/C21H30N6O3/c1-6-27-12-24-16-18(22-11-14-8-7-9-15(30-5)17(14)28)25-20(26-19(16)27)23-10-13(2)21(3,4)29/h7-9,12-13,28-29H,6,10-11H2,1-5H3,(H2,22,23,25,26). The zero-order valence-electron chi connectivity index (χ0n) is 18.1. The maximum Gasteiger partial charge on any atom is 0.226 e. The average molecular weight is 415 g/mol. The van der Waals surface area contributed by atoms with Gasteiger partial charge in [-0.1, -0.05) is 19.1 Å². The molecule has 0 radical (unpaired) electrons. The number of imidazole rings is 1. The number of fused-ring (bicyclic) bond motifs is 1. The third kappa shape index (κ3) is 4.56. The third-order valence-electron chi connectivity index (χ3n) is 5.33. The fourth-order valence-corrected chi connectivity index (χ4v) is 2.93. The van der Waals surface area contributed by atoms with Gasteiger partial charge in [0.15, 0.2) is 28.5 Å². The normalized spacial score (nSPS) is 12.7. The molecule has 30 heavy (non-hydrogen) atoms. The predicted octanol–water partition coefficient (Wildman–Crippen LogP) is 2.99. The average Bonchev–Trinajstić information content (AvgIpc) is 3.13. The van der Waals surface area contributed by atoms with E-state index in [9.17, 15) is 10.2 Å². The monoisotopic (exact) mass is 414 g/mol. The van der Waals surface area contributed by atoms with Gasteiger partial charge in [-0.3, -0.25) is 0 Å². The second kappa shape index (κ2) is 8.74. The second-order valence-corrected chi connectivity index (χ2v) is 7.86. The Morgan fingerprint density at radius 1 is 1.23 bits per heavy atom. The second-order valence-electron chi connectivity index (χ2n) is 7.86. The Balaban J connectivity index is 1.88. The Bertz CT molecular complexity index is 1010. The number of methoxy groups -OCH3 is 1. The first kappa shape index (κ1) is 21.6. The molecule has 3 aromatic rings. The Labute approximate surface area is 176 Å². The zero-order chi connectivity index (χ0) is 21.9. The highest BCUT2D eigenvalue weighted by Gasteiger charge is 2.22. The van der Waals surface area contributed by atoms with Crippen LogP contribution in [0.5, 0.6) is 11.5 Å². The number of aryl methyl sites for hydroxylation is 1. The van der Waals surface area contributed by atoms with Crippen molar-refractivity contribution in [2.45, 2.75) is 46.4 Å². The molecule has 9 heteroatoms. The van der Waals surface area contributed by atoms with E-state index in [1.165, 1.54) is 7.11 Å². The van der Waals surface area contributed by atoms with E-state index in [1.807, 2.05) is 30.5 Å². The Kier molecular flexibility index (Phi) is 6.31. The molecule has 0 saturated carbocycles. The van der Waals surface area contributed by atoms with Crippen LogP contribution in [-0.2, 0) is 13.1 Å². The van der Waals surface area contributed by atoms with E-state index < -0.39 is 5.60 Å². The molecule has 2 aromatic heterocycles. The van der Waals surface area contributed by atoms with Gasteiger partial charge in [-0.2, -0.15) is 9.97 Å². The maximum atomic E-state index is 10.3. The number of aromatic nitrogens is 4. The van der Waals surface area contributed by atoms with Crippen molar-refractivity contribution < 1.29 is 14.9 Å². The van der Waals surface area contributed by atoms with Crippen LogP contribution >= 0.6 is 0 Å². The molecule has 162 valence electrons. The molecular formula is C21H30N6O3. The number of para-hydroxylation sites is 1. The van der Waals surface area contributed by atoms with Gasteiger partial charge in [-0.15, -0.1) is 0 Å². The molecule has 0 aliphatic carbocycles. The van der Waals surface area contributed by atoms with Gasteiger partial charge >= 0.3 is 0 Å². The van der Waals surface area contributed by atoms with Crippen molar-refractivity contribution in [3.63, 3.8) is 0 Å². The lowest BCUT2D eigenvalue weighted by Gasteiger charge is -2.26. The van der Waals surface area contributed by atoms with E-state index in [0.717, 1.165) is 6.54 Å². The van der Waals surface area contributed by atoms with Gasteiger partial charge in [0.05, 0.1) is 19.0 Å². The summed E-state index contributed by atoms with van der Waals surface area (Å²) in [5, 5.41) is 27.0. The summed E-state index contributed by atoms with van der Waals surface area (Å²) in [5.74, 6) is 1.52. The van der Waals surface area contributed by atoms with Gasteiger partial charge in [-0.05, 0) is 26.8 Å². The summed E-state index contributed by atoms with van der Waals surface area (Å²) in [7, 11) is 1.52. The van der Waals surface area contributed by atoms with E-state index >= 15 is 0 Å². The van der Waals surface area contributed by atoms with Crippen molar-refractivity contribution in [3.8, 4) is 11.5 Å². The molecule has 1 atom stereocenters. The van der Waals surface area contributed by atoms with Crippen LogP contribution in [0.4, 0.5) is 11.8 Å². The highest BCUT2D eigenvalue weighted by molar-refractivity contribution is 5.84. The van der Waals surface area contributed by atoms with Gasteiger partial charge < -0.3 is 30.2 Å². The van der Waals surface area contributed by atoms with E-state index in [4.69, 9.17) is 4.74 Å². The number of ether oxygens (including phenoxy) is 1. The van der Waals surface area contributed by atoms with E-state index in [1.54, 1.807) is 26.2 Å². The molecule has 0 saturated heterocycles. The number of rotatable bonds is 9. The number of phenols is 1. The molecule has 0 spiro atoms. The number of aliphatic hydroxyl groups is 1. The van der Waals surface area contributed by atoms with Crippen molar-refractivity contribution in [2.24, 2.45) is 5.92 Å². The lowest BCUT2D eigenvalue weighted by atomic mass is 9.93. The summed E-state index contributed by atoms with van der Waals surface area (Å²) < 4.78 is 7.12. The lowest BCUT2D eigenvalue weighted by Crippen LogP contribution is -2.33. The first-order valence-electron chi connectivity index (χ1n) is 10.0. The number of aromatic hydroxyl groups is 1. The Hall–Kier alpha value is -3.07. The van der Waals surface area contributed by atoms with Gasteiger partial charge in [0.2, 0.25) is 5.95 Å². The molecule has 9 nitrogen and oxygen atoms in total. The molecule has 0 aliphatic heterocycles. The smallest absolute Gasteiger partial charge is 0.226 e. The number of nitrogens with one attached hydrogen (secondary N) is 2. The summed E-state index contributed by atoms with van der Waals surface area (Å²) >= 11 is 0. The molecule has 0 aliphatic rings. The number of anilines is 2. The molecule has 3 rings (SSSR count). The van der Waals surface area contributed by atoms with Gasteiger partial charge in [0.25, 0.3) is 0 Å². The summed E-state index contributed by atoms with van der Waals surface area (Å²) in [5.41, 5.74) is 1.23. The number of nitrogens with zero attached hydrogens (tertiary/aromatic N) is 4. The Morgan fingerprint density at radius 3 is 2.67 bits per heavy atom. The van der Waals surface area contributed by atoms with Crippen molar-refractivity contribution in [1.29, 1.82) is 0 Å². The zero-order valence-corrected chi connectivity index (χ0v) is 18.1. The van der Waals surface area contributed by atoms with Gasteiger partial charge in [0, 0.05) is 31.1 Å². The molecule has 0 fully saturated rings. The molecular weight excluding hydrogens is 384 g/mol. The Morgan fingerprint density at radius 2 is 2.00 bits per heavy atom. The van der Waals surface area contributed by atoms with Crippen LogP contribution in [0.15, 0.2) is 24.5 Å². The lowest BCUT2D eigenvalue weighted by molar-refractivity contribution is 0.0303. The SMILES string of the molecule is CCn1cnc2c(NCc3cccc(OC)c3O)nc(NCC(C)C(C)(C)O)nc21. The van der Waals surface area contributed by atoms with E-state index in [2.05, 4.69) is 25.6 Å². The minimum atomic E-state index is -0.812. The number of hydrogen-bond donors (Lipinski definition) is 4. The van der Waals surface area contributed by atoms with E-state index in [0.29, 0.717) is 47.3 Å². The number of phenolic OH excluding ortho intramolecular Hbond substituents is 1. The first-order valence-corrected chi connectivity index (χ1v) is 10.0. The summed E-state index contributed by atoms with van der Waals surface area (Å²) in [6, 6.07) is 5.34. The van der Waals surface area contributed by atoms with Gasteiger partial charge in [-0.25, -0.2) is 4.98 Å². The molecule has 4 N–H and O–H groups in total. The molecule has 1 unspecified atom stereocenters. The van der Waals surface area contributed by atoms with Crippen molar-refractivity contribution >= 4 is 22.9 Å². The minimum absolute atomic E-state index is 0.00183. The van der Waals surface area contributed by atoms with Crippen molar-refractivity contribution in [2.75, 3.05) is 24.3 Å².